The molecule has 0 bridgehead atoms. The second kappa shape index (κ2) is 7.72. The molecule has 0 spiro atoms. The maximum Gasteiger partial charge on any atom is 0.262 e. The standard InChI is InChI=1S/C21H16FN3OS/c22-18-10-3-1-7-15(18)14-27-21-24-19-11-4-2-9-17(19)20(26)25(21)13-16-8-5-6-12-23-16/h1-12H,13-14H2. The van der Waals surface area contributed by atoms with Crippen molar-refractivity contribution in [2.75, 3.05) is 0 Å². The molecule has 4 aromatic rings. The van der Waals surface area contributed by atoms with E-state index in [2.05, 4.69) is 9.97 Å². The Morgan fingerprint density at radius 2 is 1.74 bits per heavy atom. The van der Waals surface area contributed by atoms with E-state index in [0.29, 0.717) is 33.9 Å². The smallest absolute Gasteiger partial charge is 0.262 e. The minimum atomic E-state index is -0.260. The van der Waals surface area contributed by atoms with E-state index < -0.39 is 0 Å². The molecular formula is C21H16FN3OS. The van der Waals surface area contributed by atoms with Crippen LogP contribution in [0, 0.1) is 5.82 Å². The Hall–Kier alpha value is -2.99. The normalized spacial score (nSPS) is 11.0. The highest BCUT2D eigenvalue weighted by Crippen LogP contribution is 2.24. The molecule has 0 fully saturated rings. The number of aromatic nitrogens is 3. The minimum absolute atomic E-state index is 0.123. The van der Waals surface area contributed by atoms with Gasteiger partial charge in [-0.25, -0.2) is 9.37 Å². The number of hydrogen-bond donors (Lipinski definition) is 0. The molecule has 27 heavy (non-hydrogen) atoms. The summed E-state index contributed by atoms with van der Waals surface area (Å²) in [5.74, 6) is 0.129. The van der Waals surface area contributed by atoms with E-state index in [1.807, 2.05) is 36.4 Å². The van der Waals surface area contributed by atoms with Crippen LogP contribution in [0.25, 0.3) is 10.9 Å². The maximum absolute atomic E-state index is 14.0. The largest absolute Gasteiger partial charge is 0.281 e. The molecule has 2 aromatic carbocycles. The van der Waals surface area contributed by atoms with Crippen LogP contribution in [0.3, 0.4) is 0 Å². The van der Waals surface area contributed by atoms with Gasteiger partial charge in [0.2, 0.25) is 0 Å². The molecular weight excluding hydrogens is 361 g/mol. The van der Waals surface area contributed by atoms with E-state index in [1.165, 1.54) is 17.8 Å². The van der Waals surface area contributed by atoms with Crippen LogP contribution in [0.2, 0.25) is 0 Å². The van der Waals surface area contributed by atoms with Crippen molar-refractivity contribution in [3.05, 3.63) is 100 Å². The lowest BCUT2D eigenvalue weighted by Crippen LogP contribution is -2.24. The lowest BCUT2D eigenvalue weighted by molar-refractivity contribution is 0.616. The lowest BCUT2D eigenvalue weighted by atomic mass is 10.2. The molecule has 0 aliphatic rings. The minimum Gasteiger partial charge on any atom is -0.281 e. The van der Waals surface area contributed by atoms with Gasteiger partial charge in [-0.3, -0.25) is 14.3 Å². The fourth-order valence-electron chi connectivity index (χ4n) is 2.81. The molecule has 2 heterocycles. The zero-order valence-electron chi connectivity index (χ0n) is 14.4. The Labute approximate surface area is 159 Å². The van der Waals surface area contributed by atoms with E-state index in [0.717, 1.165) is 5.69 Å². The summed E-state index contributed by atoms with van der Waals surface area (Å²) in [6.07, 6.45) is 1.70. The molecule has 2 aromatic heterocycles. The van der Waals surface area contributed by atoms with Gasteiger partial charge in [-0.2, -0.15) is 0 Å². The summed E-state index contributed by atoms with van der Waals surface area (Å²) in [6, 6.07) is 19.5. The van der Waals surface area contributed by atoms with Crippen LogP contribution >= 0.6 is 11.8 Å². The highest BCUT2D eigenvalue weighted by Gasteiger charge is 2.13. The van der Waals surface area contributed by atoms with Crippen molar-refractivity contribution in [2.24, 2.45) is 0 Å². The molecule has 0 unspecified atom stereocenters. The van der Waals surface area contributed by atoms with Gasteiger partial charge in [0.05, 0.1) is 23.1 Å². The van der Waals surface area contributed by atoms with E-state index in [1.54, 1.807) is 35.0 Å². The van der Waals surface area contributed by atoms with Gasteiger partial charge in [0.1, 0.15) is 5.82 Å². The molecule has 0 radical (unpaired) electrons. The van der Waals surface area contributed by atoms with Crippen molar-refractivity contribution in [1.82, 2.24) is 14.5 Å². The highest BCUT2D eigenvalue weighted by molar-refractivity contribution is 7.98. The molecule has 0 atom stereocenters. The van der Waals surface area contributed by atoms with Crippen molar-refractivity contribution < 1.29 is 4.39 Å². The van der Waals surface area contributed by atoms with Gasteiger partial charge < -0.3 is 0 Å². The van der Waals surface area contributed by atoms with Gasteiger partial charge in [-0.05, 0) is 35.9 Å². The number of para-hydroxylation sites is 1. The molecule has 0 aliphatic carbocycles. The van der Waals surface area contributed by atoms with Crippen molar-refractivity contribution in [3.8, 4) is 0 Å². The third kappa shape index (κ3) is 3.75. The Morgan fingerprint density at radius 1 is 0.963 bits per heavy atom. The number of thioether (sulfide) groups is 1. The SMILES string of the molecule is O=c1c2ccccc2nc(SCc2ccccc2F)n1Cc1ccccn1. The number of fused-ring (bicyclic) bond motifs is 1. The van der Waals surface area contributed by atoms with Gasteiger partial charge in [0.15, 0.2) is 5.16 Å². The zero-order valence-corrected chi connectivity index (χ0v) is 15.2. The first-order valence-corrected chi connectivity index (χ1v) is 9.46. The molecule has 6 heteroatoms. The van der Waals surface area contributed by atoms with Gasteiger partial charge in [0.25, 0.3) is 5.56 Å². The predicted octanol–water partition coefficient (Wildman–Crippen LogP) is 4.27. The summed E-state index contributed by atoms with van der Waals surface area (Å²) in [5.41, 5.74) is 1.86. The predicted molar refractivity (Wildman–Crippen MR) is 105 cm³/mol. The third-order valence-electron chi connectivity index (χ3n) is 4.19. The zero-order chi connectivity index (χ0) is 18.6. The van der Waals surface area contributed by atoms with Crippen LogP contribution in [-0.4, -0.2) is 14.5 Å². The van der Waals surface area contributed by atoms with Crippen LogP contribution in [-0.2, 0) is 12.3 Å². The summed E-state index contributed by atoms with van der Waals surface area (Å²) in [4.78, 5) is 22.0. The number of nitrogens with zero attached hydrogens (tertiary/aromatic N) is 3. The molecule has 0 amide bonds. The number of halogens is 1. The monoisotopic (exact) mass is 377 g/mol. The average molecular weight is 377 g/mol. The van der Waals surface area contributed by atoms with E-state index in [4.69, 9.17) is 0 Å². The third-order valence-corrected chi connectivity index (χ3v) is 5.21. The molecule has 134 valence electrons. The van der Waals surface area contributed by atoms with Crippen LogP contribution in [0.4, 0.5) is 4.39 Å². The first kappa shape index (κ1) is 17.4. The Balaban J connectivity index is 1.76. The molecule has 0 N–H and O–H groups in total. The quantitative estimate of drug-likeness (QED) is 0.385. The molecule has 0 aliphatic heterocycles. The van der Waals surface area contributed by atoms with Crippen molar-refractivity contribution in [3.63, 3.8) is 0 Å². The number of hydrogen-bond acceptors (Lipinski definition) is 4. The van der Waals surface area contributed by atoms with E-state index in [-0.39, 0.29) is 11.4 Å². The topological polar surface area (TPSA) is 47.8 Å². The number of benzene rings is 2. The van der Waals surface area contributed by atoms with E-state index >= 15 is 0 Å². The summed E-state index contributed by atoms with van der Waals surface area (Å²) in [6.45, 7) is 0.317. The van der Waals surface area contributed by atoms with Crippen molar-refractivity contribution in [1.29, 1.82) is 0 Å². The van der Waals surface area contributed by atoms with Crippen molar-refractivity contribution in [2.45, 2.75) is 17.5 Å². The van der Waals surface area contributed by atoms with Gasteiger partial charge in [-0.1, -0.05) is 48.2 Å². The van der Waals surface area contributed by atoms with Crippen LogP contribution < -0.4 is 5.56 Å². The van der Waals surface area contributed by atoms with Gasteiger partial charge >= 0.3 is 0 Å². The molecule has 4 rings (SSSR count). The second-order valence-electron chi connectivity index (χ2n) is 6.00. The highest BCUT2D eigenvalue weighted by atomic mass is 32.2. The fraction of sp³-hybridized carbons (Fsp3) is 0.0952. The van der Waals surface area contributed by atoms with Crippen LogP contribution in [0.5, 0.6) is 0 Å². The summed E-state index contributed by atoms with van der Waals surface area (Å²) in [7, 11) is 0. The van der Waals surface area contributed by atoms with Crippen molar-refractivity contribution >= 4 is 22.7 Å². The van der Waals surface area contributed by atoms with Crippen LogP contribution in [0.1, 0.15) is 11.3 Å². The van der Waals surface area contributed by atoms with Gasteiger partial charge in [0, 0.05) is 11.9 Å². The first-order chi connectivity index (χ1) is 13.2. The van der Waals surface area contributed by atoms with Gasteiger partial charge in [-0.15, -0.1) is 0 Å². The van der Waals surface area contributed by atoms with E-state index in [9.17, 15) is 9.18 Å². The Kier molecular flexibility index (Phi) is 4.98. The first-order valence-electron chi connectivity index (χ1n) is 8.48. The summed E-state index contributed by atoms with van der Waals surface area (Å²) >= 11 is 1.35. The second-order valence-corrected chi connectivity index (χ2v) is 6.95. The molecule has 0 saturated heterocycles. The summed E-state index contributed by atoms with van der Waals surface area (Å²) in [5, 5.41) is 1.11. The average Bonchev–Trinajstić information content (AvgIpc) is 2.71. The summed E-state index contributed by atoms with van der Waals surface area (Å²) < 4.78 is 15.6. The lowest BCUT2D eigenvalue weighted by Gasteiger charge is -2.13. The Morgan fingerprint density at radius 3 is 2.56 bits per heavy atom. The fourth-order valence-corrected chi connectivity index (χ4v) is 3.79. The molecule has 4 nitrogen and oxygen atoms in total. The number of rotatable bonds is 5. The maximum atomic E-state index is 14.0. The number of pyridine rings is 1. The molecule has 0 saturated carbocycles. The Bertz CT molecular complexity index is 1140. The van der Waals surface area contributed by atoms with Crippen LogP contribution in [0.15, 0.2) is 82.9 Å².